The van der Waals surface area contributed by atoms with E-state index in [4.69, 9.17) is 6.42 Å². The molecule has 0 rings (SSSR count). The lowest BCUT2D eigenvalue weighted by atomic mass is 9.82. The van der Waals surface area contributed by atoms with Gasteiger partial charge in [-0.25, -0.2) is 0 Å². The minimum absolute atomic E-state index is 0.0417. The fourth-order valence-electron chi connectivity index (χ4n) is 0.142. The van der Waals surface area contributed by atoms with Crippen LogP contribution < -0.4 is 0 Å². The van der Waals surface area contributed by atoms with Crippen LogP contribution in [0.25, 0.3) is 0 Å². The van der Waals surface area contributed by atoms with Gasteiger partial charge < -0.3 is 0 Å². The third-order valence-electron chi connectivity index (χ3n) is 1.60. The van der Waals surface area contributed by atoms with Crippen molar-refractivity contribution in [1.82, 2.24) is 0 Å². The number of hydrogen-bond donors (Lipinski definition) is 0. The normalized spacial score (nSPS) is 11.5. The molecule has 0 nitrogen and oxygen atoms in total. The topological polar surface area (TPSA) is 0 Å². The lowest BCUT2D eigenvalue weighted by Gasteiger charge is -2.21. The Morgan fingerprint density at radius 3 is 2.00 bits per heavy atom. The molecule has 1 radical (unpaired) electrons. The Balaban J connectivity index is 3.97. The largest absolute Gasteiger partial charge is 0.120 e. The van der Waals surface area contributed by atoms with E-state index in [0.717, 1.165) is 0 Å². The smallest absolute Gasteiger partial charge is 0.0281 e. The van der Waals surface area contributed by atoms with Gasteiger partial charge in [-0.1, -0.05) is 6.92 Å². The number of terminal acetylenes is 1. The van der Waals surface area contributed by atoms with Crippen LogP contribution in [0.5, 0.6) is 0 Å². The minimum Gasteiger partial charge on any atom is -0.120 e. The summed E-state index contributed by atoms with van der Waals surface area (Å²) in [5.41, 5.74) is -0.0417. The van der Waals surface area contributed by atoms with Gasteiger partial charge in [0.15, 0.2) is 0 Å². The van der Waals surface area contributed by atoms with E-state index in [1.54, 1.807) is 0 Å². The predicted molar refractivity (Wildman–Crippen MR) is 37.1 cm³/mol. The zero-order chi connectivity index (χ0) is 6.78. The summed E-state index contributed by atoms with van der Waals surface area (Å²) in [6.45, 7) is 9.90. The van der Waals surface area contributed by atoms with Gasteiger partial charge in [0.2, 0.25) is 0 Å². The van der Waals surface area contributed by atoms with Gasteiger partial charge >= 0.3 is 0 Å². The summed E-state index contributed by atoms with van der Waals surface area (Å²) in [7, 11) is 0. The first kappa shape index (κ1) is 7.56. The Bertz CT molecular complexity index is 102. The molecule has 0 bridgehead atoms. The molecule has 0 saturated carbocycles. The molecule has 0 N–H and O–H groups in total. The molecule has 0 aromatic heterocycles. The minimum atomic E-state index is -0.0417. The van der Waals surface area contributed by atoms with Crippen LogP contribution in [-0.4, -0.2) is 0 Å². The predicted octanol–water partition coefficient (Wildman–Crippen LogP) is 2.12. The molecule has 8 heavy (non-hydrogen) atoms. The molecule has 0 aliphatic carbocycles. The SMILES string of the molecule is C#CC(C)(C)C([CH2])C. The summed E-state index contributed by atoms with van der Waals surface area (Å²) in [6, 6.07) is 0. The maximum atomic E-state index is 5.22. The molecule has 0 aromatic carbocycles. The third kappa shape index (κ3) is 1.58. The van der Waals surface area contributed by atoms with Crippen molar-refractivity contribution in [3.05, 3.63) is 6.92 Å². The average Bonchev–Trinajstić information content (AvgIpc) is 1.67. The van der Waals surface area contributed by atoms with E-state index in [1.165, 1.54) is 0 Å². The maximum absolute atomic E-state index is 5.22. The highest BCUT2D eigenvalue weighted by Crippen LogP contribution is 2.23. The summed E-state index contributed by atoms with van der Waals surface area (Å²) < 4.78 is 0. The highest BCUT2D eigenvalue weighted by molar-refractivity contribution is 5.03. The first-order valence-electron chi connectivity index (χ1n) is 2.81. The van der Waals surface area contributed by atoms with Crippen LogP contribution in [0.1, 0.15) is 20.8 Å². The van der Waals surface area contributed by atoms with Crippen LogP contribution in [0, 0.1) is 30.6 Å². The highest BCUT2D eigenvalue weighted by atomic mass is 14.2. The third-order valence-corrected chi connectivity index (χ3v) is 1.60. The molecule has 0 saturated heterocycles. The monoisotopic (exact) mass is 109 g/mol. The van der Waals surface area contributed by atoms with Gasteiger partial charge in [0, 0.05) is 5.41 Å². The van der Waals surface area contributed by atoms with E-state index in [-0.39, 0.29) is 5.41 Å². The van der Waals surface area contributed by atoms with Crippen molar-refractivity contribution in [3.63, 3.8) is 0 Å². The van der Waals surface area contributed by atoms with Gasteiger partial charge in [-0.3, -0.25) is 0 Å². The molecule has 0 aromatic rings. The maximum Gasteiger partial charge on any atom is 0.0281 e. The second-order valence-corrected chi connectivity index (χ2v) is 2.77. The van der Waals surface area contributed by atoms with Crippen LogP contribution in [0.3, 0.4) is 0 Å². The zero-order valence-electron chi connectivity index (χ0n) is 5.86. The van der Waals surface area contributed by atoms with Crippen molar-refractivity contribution in [2.75, 3.05) is 0 Å². The summed E-state index contributed by atoms with van der Waals surface area (Å²) >= 11 is 0. The Kier molecular flexibility index (Phi) is 2.10. The lowest BCUT2D eigenvalue weighted by Crippen LogP contribution is -2.15. The fraction of sp³-hybridized carbons (Fsp3) is 0.625. The van der Waals surface area contributed by atoms with Crippen molar-refractivity contribution in [2.45, 2.75) is 20.8 Å². The molecule has 0 heterocycles. The molecule has 1 unspecified atom stereocenters. The van der Waals surface area contributed by atoms with Gasteiger partial charge in [0.05, 0.1) is 0 Å². The lowest BCUT2D eigenvalue weighted by molar-refractivity contribution is 0.384. The van der Waals surface area contributed by atoms with E-state index in [0.29, 0.717) is 5.92 Å². The highest BCUT2D eigenvalue weighted by Gasteiger charge is 2.17. The van der Waals surface area contributed by atoms with E-state index >= 15 is 0 Å². The number of rotatable bonds is 1. The molecule has 45 valence electrons. The number of hydrogen-bond acceptors (Lipinski definition) is 0. The molecule has 1 atom stereocenters. The molecule has 0 spiro atoms. The molecule has 0 amide bonds. The quantitative estimate of drug-likeness (QED) is 0.452. The van der Waals surface area contributed by atoms with Crippen molar-refractivity contribution in [3.8, 4) is 12.3 Å². The Morgan fingerprint density at radius 2 is 2.00 bits per heavy atom. The fourth-order valence-corrected chi connectivity index (χ4v) is 0.142. The van der Waals surface area contributed by atoms with Crippen molar-refractivity contribution < 1.29 is 0 Å². The van der Waals surface area contributed by atoms with Crippen LogP contribution in [0.4, 0.5) is 0 Å². The summed E-state index contributed by atoms with van der Waals surface area (Å²) in [4.78, 5) is 0. The second kappa shape index (κ2) is 2.22. The van der Waals surface area contributed by atoms with Crippen molar-refractivity contribution >= 4 is 0 Å². The Hall–Kier alpha value is -0.440. The molecular weight excluding hydrogens is 96.1 g/mol. The Labute approximate surface area is 52.3 Å². The first-order chi connectivity index (χ1) is 3.50. The van der Waals surface area contributed by atoms with Gasteiger partial charge in [0.1, 0.15) is 0 Å². The van der Waals surface area contributed by atoms with Crippen molar-refractivity contribution in [1.29, 1.82) is 0 Å². The molecular formula is C8H13. The van der Waals surface area contributed by atoms with Gasteiger partial charge in [-0.2, -0.15) is 0 Å². The van der Waals surface area contributed by atoms with E-state index in [1.807, 2.05) is 20.8 Å². The van der Waals surface area contributed by atoms with Crippen LogP contribution >= 0.6 is 0 Å². The second-order valence-electron chi connectivity index (χ2n) is 2.77. The van der Waals surface area contributed by atoms with E-state index in [9.17, 15) is 0 Å². The molecule has 0 heteroatoms. The summed E-state index contributed by atoms with van der Waals surface area (Å²) in [6.07, 6.45) is 5.22. The first-order valence-corrected chi connectivity index (χ1v) is 2.81. The Morgan fingerprint density at radius 1 is 1.62 bits per heavy atom. The molecule has 0 aliphatic rings. The summed E-state index contributed by atoms with van der Waals surface area (Å²) in [5, 5.41) is 0. The van der Waals surface area contributed by atoms with Gasteiger partial charge in [0.25, 0.3) is 0 Å². The molecule has 0 aliphatic heterocycles. The molecule has 0 fully saturated rings. The van der Waals surface area contributed by atoms with Crippen molar-refractivity contribution in [2.24, 2.45) is 11.3 Å². The van der Waals surface area contributed by atoms with E-state index < -0.39 is 0 Å². The van der Waals surface area contributed by atoms with Crippen LogP contribution in [0.15, 0.2) is 0 Å². The van der Waals surface area contributed by atoms with E-state index in [2.05, 4.69) is 12.8 Å². The standard InChI is InChI=1S/C8H13/c1-6-8(4,5)7(2)3/h1,7H,2H2,3-5H3. The van der Waals surface area contributed by atoms with Gasteiger partial charge in [-0.15, -0.1) is 12.3 Å². The van der Waals surface area contributed by atoms with Crippen LogP contribution in [0.2, 0.25) is 0 Å². The average molecular weight is 109 g/mol. The zero-order valence-corrected chi connectivity index (χ0v) is 5.86. The van der Waals surface area contributed by atoms with Crippen LogP contribution in [-0.2, 0) is 0 Å². The summed E-state index contributed by atoms with van der Waals surface area (Å²) in [5.74, 6) is 3.00. The van der Waals surface area contributed by atoms with Gasteiger partial charge in [-0.05, 0) is 26.7 Å².